The lowest BCUT2D eigenvalue weighted by molar-refractivity contribution is -0.137. The SMILES string of the molecule is COc1ccc(N2CN(c3ccc(F)cc3OC)c3cccc(C(F)(F)F)c3C2=O)cn1. The average Bonchev–Trinajstić information content (AvgIpc) is 2.78. The summed E-state index contributed by atoms with van der Waals surface area (Å²) >= 11 is 0. The molecule has 4 rings (SSSR count). The summed E-state index contributed by atoms with van der Waals surface area (Å²) in [5, 5.41) is 0. The largest absolute Gasteiger partial charge is 0.494 e. The number of ether oxygens (including phenoxy) is 2. The third-order valence-electron chi connectivity index (χ3n) is 5.05. The van der Waals surface area contributed by atoms with Crippen LogP contribution in [-0.4, -0.2) is 31.8 Å². The number of aromatic nitrogens is 1. The number of halogens is 4. The number of amides is 1. The second-order valence-electron chi connectivity index (χ2n) is 6.88. The standard InChI is InChI=1S/C22H17F4N3O3/c1-31-18-10-13(23)6-8-16(18)29-12-28(14-7-9-19(32-2)27-11-14)21(30)20-15(22(24,25)26)4-3-5-17(20)29/h3-11H,12H2,1-2H3. The minimum atomic E-state index is -4.76. The molecule has 0 saturated carbocycles. The molecule has 0 N–H and O–H groups in total. The van der Waals surface area contributed by atoms with Crippen LogP contribution in [0.15, 0.2) is 54.7 Å². The molecule has 0 spiro atoms. The fourth-order valence-corrected chi connectivity index (χ4v) is 3.58. The Bertz CT molecular complexity index is 1170. The smallest absolute Gasteiger partial charge is 0.417 e. The fourth-order valence-electron chi connectivity index (χ4n) is 3.58. The van der Waals surface area contributed by atoms with Crippen LogP contribution in [0.2, 0.25) is 0 Å². The number of rotatable bonds is 4. The van der Waals surface area contributed by atoms with Crippen molar-refractivity contribution in [1.82, 2.24) is 4.98 Å². The molecule has 0 unspecified atom stereocenters. The minimum Gasteiger partial charge on any atom is -0.494 e. The molecule has 10 heteroatoms. The first-order valence-corrected chi connectivity index (χ1v) is 9.37. The molecule has 32 heavy (non-hydrogen) atoms. The van der Waals surface area contributed by atoms with E-state index in [0.29, 0.717) is 5.69 Å². The maximum atomic E-state index is 13.8. The van der Waals surface area contributed by atoms with Gasteiger partial charge in [0.2, 0.25) is 5.88 Å². The number of alkyl halides is 3. The van der Waals surface area contributed by atoms with Gasteiger partial charge in [-0.15, -0.1) is 0 Å². The highest BCUT2D eigenvalue weighted by Gasteiger charge is 2.42. The molecule has 1 aliphatic heterocycles. The van der Waals surface area contributed by atoms with Gasteiger partial charge in [-0.25, -0.2) is 9.37 Å². The van der Waals surface area contributed by atoms with Gasteiger partial charge in [0.05, 0.1) is 48.6 Å². The van der Waals surface area contributed by atoms with E-state index >= 15 is 0 Å². The zero-order valence-corrected chi connectivity index (χ0v) is 17.0. The second kappa shape index (κ2) is 8.03. The van der Waals surface area contributed by atoms with E-state index in [1.54, 1.807) is 0 Å². The van der Waals surface area contributed by atoms with Crippen LogP contribution in [0, 0.1) is 5.82 Å². The van der Waals surface area contributed by atoms with Gasteiger partial charge in [0.1, 0.15) is 18.2 Å². The van der Waals surface area contributed by atoms with Gasteiger partial charge in [-0.05, 0) is 30.3 Å². The van der Waals surface area contributed by atoms with Gasteiger partial charge in [-0.1, -0.05) is 6.07 Å². The van der Waals surface area contributed by atoms with Crippen LogP contribution in [0.5, 0.6) is 11.6 Å². The third kappa shape index (κ3) is 3.68. The maximum Gasteiger partial charge on any atom is 0.417 e. The van der Waals surface area contributed by atoms with Gasteiger partial charge >= 0.3 is 6.18 Å². The van der Waals surface area contributed by atoms with E-state index in [1.807, 2.05) is 0 Å². The first-order valence-electron chi connectivity index (χ1n) is 9.37. The van der Waals surface area contributed by atoms with E-state index in [2.05, 4.69) is 4.98 Å². The third-order valence-corrected chi connectivity index (χ3v) is 5.05. The number of carbonyl (C=O) groups is 1. The number of fused-ring (bicyclic) bond motifs is 1. The maximum absolute atomic E-state index is 13.8. The first-order chi connectivity index (χ1) is 15.2. The number of methoxy groups -OCH3 is 2. The van der Waals surface area contributed by atoms with Crippen molar-refractivity contribution in [3.63, 3.8) is 0 Å². The van der Waals surface area contributed by atoms with Gasteiger partial charge in [0, 0.05) is 12.1 Å². The van der Waals surface area contributed by atoms with Crippen LogP contribution >= 0.6 is 0 Å². The minimum absolute atomic E-state index is 0.0347. The van der Waals surface area contributed by atoms with E-state index < -0.39 is 29.0 Å². The van der Waals surface area contributed by atoms with Gasteiger partial charge in [-0.2, -0.15) is 13.2 Å². The van der Waals surface area contributed by atoms with Crippen LogP contribution in [-0.2, 0) is 6.18 Å². The summed E-state index contributed by atoms with van der Waals surface area (Å²) in [5.74, 6) is -1.02. The number of carbonyl (C=O) groups excluding carboxylic acids is 1. The molecular weight excluding hydrogens is 430 g/mol. The molecule has 0 aliphatic carbocycles. The summed E-state index contributed by atoms with van der Waals surface area (Å²) in [6.45, 7) is -0.150. The van der Waals surface area contributed by atoms with Crippen molar-refractivity contribution in [3.05, 3.63) is 71.7 Å². The van der Waals surface area contributed by atoms with Crippen molar-refractivity contribution in [2.45, 2.75) is 6.18 Å². The highest BCUT2D eigenvalue weighted by atomic mass is 19.4. The number of benzene rings is 2. The highest BCUT2D eigenvalue weighted by molar-refractivity contribution is 6.13. The Hall–Kier alpha value is -3.82. The van der Waals surface area contributed by atoms with Crippen LogP contribution in [0.3, 0.4) is 0 Å². The summed E-state index contributed by atoms with van der Waals surface area (Å²) in [6.07, 6.45) is -3.43. The Morgan fingerprint density at radius 1 is 0.969 bits per heavy atom. The molecule has 0 radical (unpaired) electrons. The predicted octanol–water partition coefficient (Wildman–Crippen LogP) is 5.01. The molecule has 0 atom stereocenters. The lowest BCUT2D eigenvalue weighted by atomic mass is 9.99. The summed E-state index contributed by atoms with van der Waals surface area (Å²) in [4.78, 5) is 19.9. The molecule has 1 amide bonds. The van der Waals surface area contributed by atoms with E-state index in [0.717, 1.165) is 17.0 Å². The summed E-state index contributed by atoms with van der Waals surface area (Å²) in [5.41, 5.74) is -0.990. The van der Waals surface area contributed by atoms with E-state index in [4.69, 9.17) is 9.47 Å². The lowest BCUT2D eigenvalue weighted by Crippen LogP contribution is -2.46. The number of hydrogen-bond acceptors (Lipinski definition) is 5. The number of hydrogen-bond donors (Lipinski definition) is 0. The van der Waals surface area contributed by atoms with Crippen molar-refractivity contribution >= 4 is 23.0 Å². The van der Waals surface area contributed by atoms with Crippen molar-refractivity contribution < 1.29 is 31.8 Å². The molecule has 0 saturated heterocycles. The zero-order valence-electron chi connectivity index (χ0n) is 17.0. The van der Waals surface area contributed by atoms with Crippen LogP contribution in [0.4, 0.5) is 34.6 Å². The lowest BCUT2D eigenvalue weighted by Gasteiger charge is -2.39. The highest BCUT2D eigenvalue weighted by Crippen LogP contribution is 2.44. The van der Waals surface area contributed by atoms with E-state index in [-0.39, 0.29) is 29.7 Å². The molecule has 6 nitrogen and oxygen atoms in total. The topological polar surface area (TPSA) is 54.9 Å². The summed E-state index contributed by atoms with van der Waals surface area (Å²) in [6, 6.07) is 10.2. The van der Waals surface area contributed by atoms with Crippen molar-refractivity contribution in [2.75, 3.05) is 30.7 Å². The van der Waals surface area contributed by atoms with Crippen molar-refractivity contribution in [3.8, 4) is 11.6 Å². The van der Waals surface area contributed by atoms with Crippen LogP contribution in [0.1, 0.15) is 15.9 Å². The Labute approximate surface area is 180 Å². The Morgan fingerprint density at radius 3 is 2.38 bits per heavy atom. The van der Waals surface area contributed by atoms with Crippen LogP contribution in [0.25, 0.3) is 0 Å². The number of nitrogens with zero attached hydrogens (tertiary/aromatic N) is 3. The molecule has 1 aromatic heterocycles. The normalized spacial score (nSPS) is 13.8. The van der Waals surface area contributed by atoms with Crippen molar-refractivity contribution in [1.29, 1.82) is 0 Å². The molecule has 166 valence electrons. The number of pyridine rings is 1. The molecule has 2 heterocycles. The quantitative estimate of drug-likeness (QED) is 0.526. The van der Waals surface area contributed by atoms with Gasteiger partial charge in [0.25, 0.3) is 5.91 Å². The van der Waals surface area contributed by atoms with E-state index in [9.17, 15) is 22.4 Å². The molecule has 1 aliphatic rings. The molecule has 3 aromatic rings. The average molecular weight is 447 g/mol. The molecule has 0 fully saturated rings. The molecule has 2 aromatic carbocycles. The summed E-state index contributed by atoms with van der Waals surface area (Å²) < 4.78 is 65.5. The predicted molar refractivity (Wildman–Crippen MR) is 109 cm³/mol. The Balaban J connectivity index is 1.93. The van der Waals surface area contributed by atoms with Gasteiger partial charge in [0.15, 0.2) is 0 Å². The summed E-state index contributed by atoms with van der Waals surface area (Å²) in [7, 11) is 2.74. The zero-order chi connectivity index (χ0) is 23.0. The monoisotopic (exact) mass is 447 g/mol. The van der Waals surface area contributed by atoms with Gasteiger partial charge in [-0.3, -0.25) is 9.69 Å². The van der Waals surface area contributed by atoms with Gasteiger partial charge < -0.3 is 14.4 Å². The van der Waals surface area contributed by atoms with Crippen LogP contribution < -0.4 is 19.3 Å². The van der Waals surface area contributed by atoms with Crippen molar-refractivity contribution in [2.24, 2.45) is 0 Å². The second-order valence-corrected chi connectivity index (χ2v) is 6.88. The Kier molecular flexibility index (Phi) is 5.37. The fraction of sp³-hybridized carbons (Fsp3) is 0.182. The van der Waals surface area contributed by atoms with E-state index in [1.165, 1.54) is 61.7 Å². The first kappa shape index (κ1) is 21.4. The molecular formula is C22H17F4N3O3. The Morgan fingerprint density at radius 2 is 1.75 bits per heavy atom. The number of anilines is 3. The molecule has 0 bridgehead atoms.